The smallest absolute Gasteiger partial charge is 0.269 e. The van der Waals surface area contributed by atoms with Crippen molar-refractivity contribution in [3.63, 3.8) is 0 Å². The van der Waals surface area contributed by atoms with Gasteiger partial charge in [0.1, 0.15) is 12.4 Å². The molecule has 1 N–H and O–H groups in total. The summed E-state index contributed by atoms with van der Waals surface area (Å²) in [5.41, 5.74) is 2.37. The van der Waals surface area contributed by atoms with E-state index in [9.17, 15) is 10.1 Å². The summed E-state index contributed by atoms with van der Waals surface area (Å²) in [5, 5.41) is 14.1. The molecule has 25 heavy (non-hydrogen) atoms. The minimum atomic E-state index is -0.428. The predicted octanol–water partition coefficient (Wildman–Crippen LogP) is 2.88. The standard InChI is InChI=1S/C18H20N2O5/c1-23-17-9-12-7-8-19-16(15(12)10-18(17)24-2)11-25-14-5-3-13(4-6-14)20(21)22/h3-6,9-10,16,19H,7-8,11H2,1-2H3/t16-/m1/s1. The molecular weight excluding hydrogens is 324 g/mol. The summed E-state index contributed by atoms with van der Waals surface area (Å²) in [4.78, 5) is 10.3. The third-order valence-corrected chi connectivity index (χ3v) is 4.27. The lowest BCUT2D eigenvalue weighted by molar-refractivity contribution is -0.384. The van der Waals surface area contributed by atoms with Gasteiger partial charge in [-0.05, 0) is 48.4 Å². The maximum Gasteiger partial charge on any atom is 0.269 e. The largest absolute Gasteiger partial charge is 0.493 e. The Labute approximate surface area is 145 Å². The van der Waals surface area contributed by atoms with Crippen LogP contribution in [0.2, 0.25) is 0 Å². The van der Waals surface area contributed by atoms with Crippen LogP contribution < -0.4 is 19.5 Å². The molecule has 2 aromatic rings. The second kappa shape index (κ2) is 7.40. The van der Waals surface area contributed by atoms with Gasteiger partial charge >= 0.3 is 0 Å². The Balaban J connectivity index is 1.75. The Morgan fingerprint density at radius 1 is 1.16 bits per heavy atom. The number of nitrogens with zero attached hydrogens (tertiary/aromatic N) is 1. The van der Waals surface area contributed by atoms with E-state index >= 15 is 0 Å². The number of nitro benzene ring substituents is 1. The minimum Gasteiger partial charge on any atom is -0.493 e. The van der Waals surface area contributed by atoms with Crippen molar-refractivity contribution in [3.8, 4) is 17.2 Å². The van der Waals surface area contributed by atoms with Crippen LogP contribution in [0.15, 0.2) is 36.4 Å². The number of benzene rings is 2. The van der Waals surface area contributed by atoms with Crippen LogP contribution in [0, 0.1) is 10.1 Å². The Morgan fingerprint density at radius 2 is 1.84 bits per heavy atom. The Morgan fingerprint density at radius 3 is 2.48 bits per heavy atom. The normalized spacial score (nSPS) is 16.0. The molecule has 1 heterocycles. The van der Waals surface area contributed by atoms with Gasteiger partial charge in [-0.2, -0.15) is 0 Å². The van der Waals surface area contributed by atoms with Crippen molar-refractivity contribution in [1.29, 1.82) is 0 Å². The number of hydrogen-bond acceptors (Lipinski definition) is 6. The van der Waals surface area contributed by atoms with E-state index in [-0.39, 0.29) is 11.7 Å². The topological polar surface area (TPSA) is 82.9 Å². The number of rotatable bonds is 6. The second-order valence-electron chi connectivity index (χ2n) is 5.72. The molecule has 0 saturated heterocycles. The molecular formula is C18H20N2O5. The first-order valence-electron chi connectivity index (χ1n) is 7.98. The zero-order chi connectivity index (χ0) is 17.8. The second-order valence-corrected chi connectivity index (χ2v) is 5.72. The molecule has 3 rings (SSSR count). The maximum atomic E-state index is 10.7. The molecule has 1 aliphatic heterocycles. The highest BCUT2D eigenvalue weighted by atomic mass is 16.6. The molecule has 0 aliphatic carbocycles. The molecule has 1 aliphatic rings. The quantitative estimate of drug-likeness (QED) is 0.641. The molecule has 132 valence electrons. The van der Waals surface area contributed by atoms with Crippen molar-refractivity contribution in [1.82, 2.24) is 5.32 Å². The zero-order valence-electron chi connectivity index (χ0n) is 14.2. The van der Waals surface area contributed by atoms with E-state index in [0.717, 1.165) is 24.3 Å². The van der Waals surface area contributed by atoms with Gasteiger partial charge in [-0.3, -0.25) is 10.1 Å². The van der Waals surface area contributed by atoms with Gasteiger partial charge in [0.2, 0.25) is 0 Å². The first-order chi connectivity index (χ1) is 12.1. The monoisotopic (exact) mass is 344 g/mol. The van der Waals surface area contributed by atoms with Gasteiger partial charge in [-0.1, -0.05) is 0 Å². The Hall–Kier alpha value is -2.80. The van der Waals surface area contributed by atoms with Crippen LogP contribution in [0.25, 0.3) is 0 Å². The molecule has 0 unspecified atom stereocenters. The van der Waals surface area contributed by atoms with E-state index in [4.69, 9.17) is 14.2 Å². The first kappa shape index (κ1) is 17.0. The maximum absolute atomic E-state index is 10.7. The number of ether oxygens (including phenoxy) is 3. The van der Waals surface area contributed by atoms with Crippen LogP contribution in [-0.4, -0.2) is 32.3 Å². The van der Waals surface area contributed by atoms with E-state index in [1.165, 1.54) is 17.7 Å². The number of nitrogens with one attached hydrogen (secondary N) is 1. The lowest BCUT2D eigenvalue weighted by atomic mass is 9.94. The molecule has 7 heteroatoms. The number of hydrogen-bond donors (Lipinski definition) is 1. The predicted molar refractivity (Wildman–Crippen MR) is 92.6 cm³/mol. The van der Waals surface area contributed by atoms with Crippen LogP contribution in [0.4, 0.5) is 5.69 Å². The summed E-state index contributed by atoms with van der Waals surface area (Å²) < 4.78 is 16.6. The van der Waals surface area contributed by atoms with Crippen molar-refractivity contribution in [2.24, 2.45) is 0 Å². The summed E-state index contributed by atoms with van der Waals surface area (Å²) in [5.74, 6) is 2.00. The zero-order valence-corrected chi connectivity index (χ0v) is 14.2. The van der Waals surface area contributed by atoms with Crippen LogP contribution in [0.5, 0.6) is 17.2 Å². The lowest BCUT2D eigenvalue weighted by Crippen LogP contribution is -2.33. The average molecular weight is 344 g/mol. The van der Waals surface area contributed by atoms with Crippen molar-refractivity contribution in [3.05, 3.63) is 57.6 Å². The van der Waals surface area contributed by atoms with Crippen LogP contribution in [0.3, 0.4) is 0 Å². The Bertz CT molecular complexity index is 761. The molecule has 1 atom stereocenters. The van der Waals surface area contributed by atoms with E-state index in [2.05, 4.69) is 5.32 Å². The summed E-state index contributed by atoms with van der Waals surface area (Å²) in [6.07, 6.45) is 0.906. The van der Waals surface area contributed by atoms with Gasteiger partial charge in [0.25, 0.3) is 5.69 Å². The highest BCUT2D eigenvalue weighted by molar-refractivity contribution is 5.49. The molecule has 7 nitrogen and oxygen atoms in total. The molecule has 0 aromatic heterocycles. The summed E-state index contributed by atoms with van der Waals surface area (Å²) in [7, 11) is 3.24. The summed E-state index contributed by atoms with van der Waals surface area (Å²) in [6.45, 7) is 1.26. The van der Waals surface area contributed by atoms with Crippen molar-refractivity contribution in [2.75, 3.05) is 27.4 Å². The Kier molecular flexibility index (Phi) is 5.04. The van der Waals surface area contributed by atoms with E-state index in [0.29, 0.717) is 18.1 Å². The molecule has 2 aromatic carbocycles. The van der Waals surface area contributed by atoms with Crippen molar-refractivity contribution < 1.29 is 19.1 Å². The van der Waals surface area contributed by atoms with Crippen LogP contribution >= 0.6 is 0 Å². The molecule has 0 radical (unpaired) electrons. The fourth-order valence-electron chi connectivity index (χ4n) is 2.96. The third kappa shape index (κ3) is 3.66. The fourth-order valence-corrected chi connectivity index (χ4v) is 2.96. The number of non-ortho nitro benzene ring substituents is 1. The van der Waals surface area contributed by atoms with E-state index in [1.54, 1.807) is 26.4 Å². The van der Waals surface area contributed by atoms with Crippen LogP contribution in [-0.2, 0) is 6.42 Å². The molecule has 0 saturated carbocycles. The van der Waals surface area contributed by atoms with Gasteiger partial charge in [-0.15, -0.1) is 0 Å². The lowest BCUT2D eigenvalue weighted by Gasteiger charge is -2.28. The number of nitro groups is 1. The highest BCUT2D eigenvalue weighted by Crippen LogP contribution is 2.35. The van der Waals surface area contributed by atoms with E-state index < -0.39 is 4.92 Å². The summed E-state index contributed by atoms with van der Waals surface area (Å²) in [6, 6.07) is 10.1. The van der Waals surface area contributed by atoms with Crippen molar-refractivity contribution in [2.45, 2.75) is 12.5 Å². The van der Waals surface area contributed by atoms with Gasteiger partial charge in [0.05, 0.1) is 25.2 Å². The van der Waals surface area contributed by atoms with Gasteiger partial charge in [-0.25, -0.2) is 0 Å². The molecule has 0 spiro atoms. The van der Waals surface area contributed by atoms with Gasteiger partial charge in [0.15, 0.2) is 11.5 Å². The average Bonchev–Trinajstić information content (AvgIpc) is 2.65. The van der Waals surface area contributed by atoms with E-state index in [1.807, 2.05) is 12.1 Å². The van der Waals surface area contributed by atoms with Crippen molar-refractivity contribution >= 4 is 5.69 Å². The number of methoxy groups -OCH3 is 2. The third-order valence-electron chi connectivity index (χ3n) is 4.27. The van der Waals surface area contributed by atoms with Crippen LogP contribution in [0.1, 0.15) is 17.2 Å². The molecule has 0 amide bonds. The SMILES string of the molecule is COc1cc2c(cc1OC)[C@@H](COc1ccc([N+](=O)[O-])cc1)NCC2. The molecule has 0 fully saturated rings. The summed E-state index contributed by atoms with van der Waals surface area (Å²) >= 11 is 0. The van der Waals surface area contributed by atoms with Gasteiger partial charge in [0, 0.05) is 12.1 Å². The number of fused-ring (bicyclic) bond motifs is 1. The minimum absolute atomic E-state index is 0.0127. The molecule has 0 bridgehead atoms. The fraction of sp³-hybridized carbons (Fsp3) is 0.333. The van der Waals surface area contributed by atoms with Gasteiger partial charge < -0.3 is 19.5 Å². The first-order valence-corrected chi connectivity index (χ1v) is 7.98. The highest BCUT2D eigenvalue weighted by Gasteiger charge is 2.23.